The zero-order valence-corrected chi connectivity index (χ0v) is 12.0. The van der Waals surface area contributed by atoms with E-state index in [0.717, 1.165) is 0 Å². The fourth-order valence-electron chi connectivity index (χ4n) is 1.89. The van der Waals surface area contributed by atoms with Crippen LogP contribution in [-0.2, 0) is 0 Å². The average Bonchev–Trinajstić information content (AvgIpc) is 2.36. The van der Waals surface area contributed by atoms with Gasteiger partial charge in [-0.2, -0.15) is 0 Å². The maximum Gasteiger partial charge on any atom is 0.328 e. The highest BCUT2D eigenvalue weighted by Gasteiger charge is 2.20. The van der Waals surface area contributed by atoms with Crippen molar-refractivity contribution in [2.24, 2.45) is 0 Å². The number of phenolic OH excluding ortho intramolecular Hbond substituents is 2. The SMILES string of the molecule is CCNC(=N)NC(=O)N(C)c1c(C)c(O)cc(O)c1C. The first kappa shape index (κ1) is 15.6. The smallest absolute Gasteiger partial charge is 0.328 e. The second-order valence-corrected chi connectivity index (χ2v) is 4.41. The van der Waals surface area contributed by atoms with Gasteiger partial charge < -0.3 is 15.5 Å². The van der Waals surface area contributed by atoms with Crippen molar-refractivity contribution in [2.75, 3.05) is 18.5 Å². The number of carbonyl (C=O) groups is 1. The molecule has 2 amide bonds. The molecule has 0 aliphatic rings. The molecule has 0 aliphatic carbocycles. The first-order chi connectivity index (χ1) is 9.29. The molecule has 0 spiro atoms. The van der Waals surface area contributed by atoms with Crippen molar-refractivity contribution in [3.05, 3.63) is 17.2 Å². The molecule has 0 saturated carbocycles. The summed E-state index contributed by atoms with van der Waals surface area (Å²) < 4.78 is 0. The van der Waals surface area contributed by atoms with Crippen LogP contribution in [0.4, 0.5) is 10.5 Å². The van der Waals surface area contributed by atoms with Crippen LogP contribution in [0.25, 0.3) is 0 Å². The number of nitrogens with one attached hydrogen (secondary N) is 3. The Morgan fingerprint density at radius 1 is 1.30 bits per heavy atom. The number of amides is 2. The van der Waals surface area contributed by atoms with Crippen molar-refractivity contribution < 1.29 is 15.0 Å². The summed E-state index contributed by atoms with van der Waals surface area (Å²) in [4.78, 5) is 13.3. The molecule has 7 nitrogen and oxygen atoms in total. The Morgan fingerprint density at radius 2 is 1.80 bits per heavy atom. The quantitative estimate of drug-likeness (QED) is 0.417. The standard InChI is InChI=1S/C13H20N4O3/c1-5-15-12(14)16-13(20)17(4)11-7(2)9(18)6-10(19)8(11)3/h6,18-19H,5H2,1-4H3,(H3,14,15,16,20). The molecule has 0 aromatic heterocycles. The number of aromatic hydroxyl groups is 2. The highest BCUT2D eigenvalue weighted by atomic mass is 16.3. The Hall–Kier alpha value is -2.44. The summed E-state index contributed by atoms with van der Waals surface area (Å²) >= 11 is 0. The van der Waals surface area contributed by atoms with Gasteiger partial charge in [0.25, 0.3) is 0 Å². The average molecular weight is 280 g/mol. The third-order valence-electron chi connectivity index (χ3n) is 2.98. The van der Waals surface area contributed by atoms with Crippen molar-refractivity contribution in [3.8, 4) is 11.5 Å². The highest BCUT2D eigenvalue weighted by Crippen LogP contribution is 2.36. The normalized spacial score (nSPS) is 10.0. The van der Waals surface area contributed by atoms with Gasteiger partial charge in [0.2, 0.25) is 0 Å². The summed E-state index contributed by atoms with van der Waals surface area (Å²) in [5, 5.41) is 32.0. The summed E-state index contributed by atoms with van der Waals surface area (Å²) in [5.74, 6) is -0.293. The van der Waals surface area contributed by atoms with Gasteiger partial charge in [-0.25, -0.2) is 4.79 Å². The Morgan fingerprint density at radius 3 is 2.25 bits per heavy atom. The second kappa shape index (κ2) is 6.14. The molecule has 0 unspecified atom stereocenters. The molecule has 0 saturated heterocycles. The van der Waals surface area contributed by atoms with Gasteiger partial charge in [-0.15, -0.1) is 0 Å². The monoisotopic (exact) mass is 280 g/mol. The van der Waals surface area contributed by atoms with Crippen molar-refractivity contribution in [1.82, 2.24) is 10.6 Å². The molecule has 7 heteroatoms. The predicted octanol–water partition coefficient (Wildman–Crippen LogP) is 1.40. The lowest BCUT2D eigenvalue weighted by atomic mass is 10.1. The zero-order valence-electron chi connectivity index (χ0n) is 12.0. The highest BCUT2D eigenvalue weighted by molar-refractivity contribution is 6.03. The first-order valence-corrected chi connectivity index (χ1v) is 6.18. The van der Waals surface area contributed by atoms with Crippen LogP contribution in [0.3, 0.4) is 0 Å². The molecule has 0 heterocycles. The van der Waals surface area contributed by atoms with Crippen LogP contribution in [0.2, 0.25) is 0 Å². The zero-order chi connectivity index (χ0) is 15.4. The van der Waals surface area contributed by atoms with Gasteiger partial charge in [-0.05, 0) is 20.8 Å². The Labute approximate surface area is 117 Å². The number of hydrogen-bond acceptors (Lipinski definition) is 4. The molecule has 1 rings (SSSR count). The molecule has 1 aromatic carbocycles. The van der Waals surface area contributed by atoms with E-state index < -0.39 is 6.03 Å². The number of urea groups is 1. The van der Waals surface area contributed by atoms with Gasteiger partial charge in [0.05, 0.1) is 5.69 Å². The molecule has 0 bridgehead atoms. The lowest BCUT2D eigenvalue weighted by molar-refractivity contribution is 0.251. The minimum Gasteiger partial charge on any atom is -0.507 e. The number of benzene rings is 1. The third kappa shape index (κ3) is 3.11. The molecule has 0 radical (unpaired) electrons. The number of nitrogens with zero attached hydrogens (tertiary/aromatic N) is 1. The minimum absolute atomic E-state index is 0.0930. The van der Waals surface area contributed by atoms with Crippen LogP contribution >= 0.6 is 0 Å². The van der Waals surface area contributed by atoms with E-state index in [1.807, 2.05) is 6.92 Å². The van der Waals surface area contributed by atoms with Crippen LogP contribution in [0.15, 0.2) is 6.07 Å². The van der Waals surface area contributed by atoms with Crippen LogP contribution in [0, 0.1) is 19.3 Å². The Balaban J connectivity index is 3.06. The summed E-state index contributed by atoms with van der Waals surface area (Å²) in [5.41, 5.74) is 1.37. The van der Waals surface area contributed by atoms with E-state index in [9.17, 15) is 15.0 Å². The summed E-state index contributed by atoms with van der Waals surface area (Å²) in [6.07, 6.45) is 0. The van der Waals surface area contributed by atoms with Gasteiger partial charge in [0.1, 0.15) is 11.5 Å². The molecule has 110 valence electrons. The van der Waals surface area contributed by atoms with E-state index >= 15 is 0 Å². The lowest BCUT2D eigenvalue weighted by Crippen LogP contribution is -2.46. The summed E-state index contributed by atoms with van der Waals surface area (Å²) in [6.45, 7) is 5.63. The fourth-order valence-corrected chi connectivity index (χ4v) is 1.89. The predicted molar refractivity (Wildman–Crippen MR) is 77.6 cm³/mol. The van der Waals surface area contributed by atoms with Gasteiger partial charge in [-0.3, -0.25) is 15.6 Å². The number of guanidine groups is 1. The van der Waals surface area contributed by atoms with E-state index in [-0.39, 0.29) is 17.5 Å². The van der Waals surface area contributed by atoms with Crippen LogP contribution in [-0.4, -0.2) is 35.8 Å². The number of anilines is 1. The number of rotatable bonds is 2. The van der Waals surface area contributed by atoms with Gasteiger partial charge in [-0.1, -0.05) is 0 Å². The Kier molecular flexibility index (Phi) is 4.79. The number of carbonyl (C=O) groups excluding carboxylic acids is 1. The molecule has 0 atom stereocenters. The van der Waals surface area contributed by atoms with Crippen molar-refractivity contribution in [1.29, 1.82) is 5.41 Å². The van der Waals surface area contributed by atoms with Crippen LogP contribution in [0.5, 0.6) is 11.5 Å². The van der Waals surface area contributed by atoms with E-state index in [4.69, 9.17) is 5.41 Å². The first-order valence-electron chi connectivity index (χ1n) is 6.18. The summed E-state index contributed by atoms with van der Waals surface area (Å²) in [6, 6.07) is 0.702. The topological polar surface area (TPSA) is 109 Å². The van der Waals surface area contributed by atoms with E-state index in [1.165, 1.54) is 18.0 Å². The third-order valence-corrected chi connectivity index (χ3v) is 2.98. The minimum atomic E-state index is -0.535. The lowest BCUT2D eigenvalue weighted by Gasteiger charge is -2.23. The van der Waals surface area contributed by atoms with Gasteiger partial charge >= 0.3 is 6.03 Å². The fraction of sp³-hybridized carbons (Fsp3) is 0.385. The molecule has 1 aromatic rings. The molecule has 5 N–H and O–H groups in total. The Bertz CT molecular complexity index is 517. The largest absolute Gasteiger partial charge is 0.507 e. The van der Waals surface area contributed by atoms with Crippen molar-refractivity contribution in [3.63, 3.8) is 0 Å². The molecule has 20 heavy (non-hydrogen) atoms. The van der Waals surface area contributed by atoms with E-state index in [2.05, 4.69) is 10.6 Å². The maximum absolute atomic E-state index is 12.0. The molecule has 0 aliphatic heterocycles. The maximum atomic E-state index is 12.0. The van der Waals surface area contributed by atoms with Gasteiger partial charge in [0, 0.05) is 30.8 Å². The number of hydrogen-bond donors (Lipinski definition) is 5. The molecular formula is C13H20N4O3. The van der Waals surface area contributed by atoms with Crippen LogP contribution < -0.4 is 15.5 Å². The second-order valence-electron chi connectivity index (χ2n) is 4.41. The number of phenols is 2. The van der Waals surface area contributed by atoms with E-state index in [1.54, 1.807) is 13.8 Å². The summed E-state index contributed by atoms with van der Waals surface area (Å²) in [7, 11) is 1.50. The van der Waals surface area contributed by atoms with Gasteiger partial charge in [0.15, 0.2) is 5.96 Å². The molecule has 0 fully saturated rings. The van der Waals surface area contributed by atoms with Crippen molar-refractivity contribution in [2.45, 2.75) is 20.8 Å². The van der Waals surface area contributed by atoms with Crippen molar-refractivity contribution >= 4 is 17.7 Å². The van der Waals surface area contributed by atoms with Crippen LogP contribution in [0.1, 0.15) is 18.1 Å². The molecular weight excluding hydrogens is 260 g/mol. The van der Waals surface area contributed by atoms with E-state index in [0.29, 0.717) is 23.4 Å².